The molecular formula is C13H20N2O. The van der Waals surface area contributed by atoms with Crippen LogP contribution in [0.1, 0.15) is 12.8 Å². The van der Waals surface area contributed by atoms with Gasteiger partial charge < -0.3 is 15.0 Å². The van der Waals surface area contributed by atoms with Gasteiger partial charge in [-0.15, -0.1) is 0 Å². The zero-order valence-electron chi connectivity index (χ0n) is 10.1. The van der Waals surface area contributed by atoms with Crippen molar-refractivity contribution in [3.63, 3.8) is 0 Å². The normalized spacial score (nSPS) is 19.8. The van der Waals surface area contributed by atoms with E-state index in [9.17, 15) is 0 Å². The molecule has 16 heavy (non-hydrogen) atoms. The molecule has 3 heteroatoms. The van der Waals surface area contributed by atoms with Gasteiger partial charge in [0.15, 0.2) is 0 Å². The molecule has 0 spiro atoms. The van der Waals surface area contributed by atoms with Gasteiger partial charge >= 0.3 is 0 Å². The van der Waals surface area contributed by atoms with Crippen LogP contribution in [0, 0.1) is 0 Å². The Hall–Kier alpha value is -1.22. The van der Waals surface area contributed by atoms with Gasteiger partial charge in [-0.2, -0.15) is 0 Å². The highest BCUT2D eigenvalue weighted by molar-refractivity contribution is 5.57. The maximum atomic E-state index is 5.37. The molecule has 1 fully saturated rings. The molecule has 1 atom stereocenters. The summed E-state index contributed by atoms with van der Waals surface area (Å²) in [6.45, 7) is 2.20. The zero-order chi connectivity index (χ0) is 11.4. The van der Waals surface area contributed by atoms with Gasteiger partial charge in [0.1, 0.15) is 5.75 Å². The molecule has 0 aromatic heterocycles. The maximum Gasteiger partial charge on any atom is 0.142 e. The summed E-state index contributed by atoms with van der Waals surface area (Å²) < 4.78 is 5.37. The molecule has 0 amide bonds. The Labute approximate surface area is 97.4 Å². The monoisotopic (exact) mass is 220 g/mol. The minimum atomic E-state index is 0.620. The second-order valence-corrected chi connectivity index (χ2v) is 4.35. The van der Waals surface area contributed by atoms with Gasteiger partial charge in [-0.05, 0) is 31.5 Å². The quantitative estimate of drug-likeness (QED) is 0.838. The number of nitrogens with zero attached hydrogens (tertiary/aromatic N) is 1. The van der Waals surface area contributed by atoms with Crippen LogP contribution >= 0.6 is 0 Å². The molecule has 1 N–H and O–H groups in total. The van der Waals surface area contributed by atoms with E-state index in [4.69, 9.17) is 4.74 Å². The lowest BCUT2D eigenvalue weighted by Crippen LogP contribution is -2.35. The number of likely N-dealkylation sites (N-methyl/N-ethyl adjacent to an activating group) is 1. The third kappa shape index (κ3) is 2.47. The van der Waals surface area contributed by atoms with Crippen LogP contribution in [0.3, 0.4) is 0 Å². The van der Waals surface area contributed by atoms with Crippen molar-refractivity contribution in [3.05, 3.63) is 24.3 Å². The summed E-state index contributed by atoms with van der Waals surface area (Å²) in [5, 5.41) is 3.51. The summed E-state index contributed by atoms with van der Waals surface area (Å²) >= 11 is 0. The smallest absolute Gasteiger partial charge is 0.142 e. The Balaban J connectivity index is 2.04. The highest BCUT2D eigenvalue weighted by Crippen LogP contribution is 2.27. The fourth-order valence-electron chi connectivity index (χ4n) is 2.29. The highest BCUT2D eigenvalue weighted by atomic mass is 16.5. The first kappa shape index (κ1) is 11.3. The SMILES string of the molecule is COc1ccccc1N(C)C[C@@H]1CCCN1. The van der Waals surface area contributed by atoms with E-state index < -0.39 is 0 Å². The Morgan fingerprint density at radius 3 is 2.94 bits per heavy atom. The first-order valence-electron chi connectivity index (χ1n) is 5.89. The average molecular weight is 220 g/mol. The van der Waals surface area contributed by atoms with Crippen LogP contribution < -0.4 is 15.0 Å². The van der Waals surface area contributed by atoms with E-state index in [1.165, 1.54) is 18.5 Å². The molecule has 0 saturated carbocycles. The molecule has 1 aliphatic rings. The Morgan fingerprint density at radius 1 is 1.44 bits per heavy atom. The molecule has 1 aromatic rings. The lowest BCUT2D eigenvalue weighted by Gasteiger charge is -2.24. The predicted molar refractivity (Wildman–Crippen MR) is 67.3 cm³/mol. The van der Waals surface area contributed by atoms with Crippen molar-refractivity contribution in [2.45, 2.75) is 18.9 Å². The summed E-state index contributed by atoms with van der Waals surface area (Å²) in [5.41, 5.74) is 1.17. The van der Waals surface area contributed by atoms with Crippen LogP contribution in [0.5, 0.6) is 5.75 Å². The van der Waals surface area contributed by atoms with Crippen LogP contribution in [0.2, 0.25) is 0 Å². The number of anilines is 1. The summed E-state index contributed by atoms with van der Waals surface area (Å²) in [5.74, 6) is 0.947. The number of ether oxygens (including phenoxy) is 1. The number of benzene rings is 1. The topological polar surface area (TPSA) is 24.5 Å². The number of hydrogen-bond acceptors (Lipinski definition) is 3. The third-order valence-corrected chi connectivity index (χ3v) is 3.15. The van der Waals surface area contributed by atoms with Crippen molar-refractivity contribution in [1.29, 1.82) is 0 Å². The summed E-state index contributed by atoms with van der Waals surface area (Å²) in [6, 6.07) is 8.79. The van der Waals surface area contributed by atoms with Crippen molar-refractivity contribution < 1.29 is 4.74 Å². The Bertz CT molecular complexity index is 334. The second-order valence-electron chi connectivity index (χ2n) is 4.35. The van der Waals surface area contributed by atoms with E-state index >= 15 is 0 Å². The molecular weight excluding hydrogens is 200 g/mol. The third-order valence-electron chi connectivity index (χ3n) is 3.15. The van der Waals surface area contributed by atoms with Crippen molar-refractivity contribution in [2.24, 2.45) is 0 Å². The van der Waals surface area contributed by atoms with Gasteiger partial charge in [0, 0.05) is 19.6 Å². The molecule has 1 aliphatic heterocycles. The molecule has 0 bridgehead atoms. The molecule has 88 valence electrons. The summed E-state index contributed by atoms with van der Waals surface area (Å²) in [4.78, 5) is 2.27. The number of nitrogens with one attached hydrogen (secondary N) is 1. The van der Waals surface area contributed by atoms with E-state index in [1.807, 2.05) is 12.1 Å². The van der Waals surface area contributed by atoms with Crippen LogP contribution in [0.25, 0.3) is 0 Å². The first-order valence-corrected chi connectivity index (χ1v) is 5.89. The molecule has 1 saturated heterocycles. The highest BCUT2D eigenvalue weighted by Gasteiger charge is 2.17. The van der Waals surface area contributed by atoms with Gasteiger partial charge in [0.05, 0.1) is 12.8 Å². The Morgan fingerprint density at radius 2 is 2.25 bits per heavy atom. The van der Waals surface area contributed by atoms with Crippen molar-refractivity contribution in [3.8, 4) is 5.75 Å². The number of methoxy groups -OCH3 is 1. The fourth-order valence-corrected chi connectivity index (χ4v) is 2.29. The van der Waals surface area contributed by atoms with E-state index in [2.05, 4.69) is 29.4 Å². The predicted octanol–water partition coefficient (Wildman–Crippen LogP) is 1.88. The molecule has 1 aromatic carbocycles. The van der Waals surface area contributed by atoms with Gasteiger partial charge in [0.25, 0.3) is 0 Å². The molecule has 2 rings (SSSR count). The molecule has 0 unspecified atom stereocenters. The van der Waals surface area contributed by atoms with Crippen molar-refractivity contribution >= 4 is 5.69 Å². The molecule has 1 heterocycles. The van der Waals surface area contributed by atoms with Gasteiger partial charge in [0.2, 0.25) is 0 Å². The van der Waals surface area contributed by atoms with Crippen LogP contribution in [-0.2, 0) is 0 Å². The van der Waals surface area contributed by atoms with Crippen molar-refractivity contribution in [2.75, 3.05) is 32.1 Å². The average Bonchev–Trinajstić information content (AvgIpc) is 2.81. The van der Waals surface area contributed by atoms with E-state index in [0.29, 0.717) is 6.04 Å². The first-order chi connectivity index (χ1) is 7.81. The van der Waals surface area contributed by atoms with Gasteiger partial charge in [-0.25, -0.2) is 0 Å². The van der Waals surface area contributed by atoms with E-state index in [0.717, 1.165) is 18.8 Å². The minimum Gasteiger partial charge on any atom is -0.495 e. The summed E-state index contributed by atoms with van der Waals surface area (Å²) in [7, 11) is 3.85. The second kappa shape index (κ2) is 5.21. The van der Waals surface area contributed by atoms with Crippen molar-refractivity contribution in [1.82, 2.24) is 5.32 Å². The number of rotatable bonds is 4. The minimum absolute atomic E-state index is 0.620. The van der Waals surface area contributed by atoms with Crippen LogP contribution in [0.4, 0.5) is 5.69 Å². The molecule has 3 nitrogen and oxygen atoms in total. The number of hydrogen-bond donors (Lipinski definition) is 1. The van der Waals surface area contributed by atoms with Crippen LogP contribution in [-0.4, -0.2) is 33.3 Å². The maximum absolute atomic E-state index is 5.37. The van der Waals surface area contributed by atoms with Gasteiger partial charge in [-0.1, -0.05) is 12.1 Å². The van der Waals surface area contributed by atoms with Gasteiger partial charge in [-0.3, -0.25) is 0 Å². The summed E-state index contributed by atoms with van der Waals surface area (Å²) in [6.07, 6.45) is 2.57. The zero-order valence-corrected chi connectivity index (χ0v) is 10.1. The standard InChI is InChI=1S/C13H20N2O/c1-15(10-11-6-5-9-14-11)12-7-3-4-8-13(12)16-2/h3-4,7-8,11,14H,5-6,9-10H2,1-2H3/t11-/m0/s1. The molecule has 0 radical (unpaired) electrons. The Kier molecular flexibility index (Phi) is 3.67. The lowest BCUT2D eigenvalue weighted by atomic mass is 10.2. The fraction of sp³-hybridized carbons (Fsp3) is 0.538. The van der Waals surface area contributed by atoms with E-state index in [-0.39, 0.29) is 0 Å². The number of para-hydroxylation sites is 2. The lowest BCUT2D eigenvalue weighted by molar-refractivity contribution is 0.414. The van der Waals surface area contributed by atoms with Crippen LogP contribution in [0.15, 0.2) is 24.3 Å². The molecule has 0 aliphatic carbocycles. The largest absolute Gasteiger partial charge is 0.495 e. The van der Waals surface area contributed by atoms with E-state index in [1.54, 1.807) is 7.11 Å².